The minimum Gasteiger partial charge on any atom is -0.362 e. The van der Waals surface area contributed by atoms with Crippen LogP contribution in [0.5, 0.6) is 0 Å². The van der Waals surface area contributed by atoms with Gasteiger partial charge in [0.05, 0.1) is 23.1 Å². The van der Waals surface area contributed by atoms with Crippen molar-refractivity contribution in [1.29, 1.82) is 0 Å². The number of nitrogens with zero attached hydrogens (tertiary/aromatic N) is 2. The number of amides is 2. The number of benzene rings is 2. The number of rotatable bonds is 4. The summed E-state index contributed by atoms with van der Waals surface area (Å²) >= 11 is 0. The van der Waals surface area contributed by atoms with Crippen LogP contribution in [0.15, 0.2) is 54.6 Å². The Bertz CT molecular complexity index is 793. The summed E-state index contributed by atoms with van der Waals surface area (Å²) in [5.74, 6) is -0.166. The first-order valence-corrected chi connectivity index (χ1v) is 8.74. The molecule has 1 aliphatic rings. The van der Waals surface area contributed by atoms with Gasteiger partial charge in [-0.1, -0.05) is 30.3 Å². The Kier molecular flexibility index (Phi) is 5.11. The van der Waals surface area contributed by atoms with Gasteiger partial charge in [0.1, 0.15) is 6.17 Å². The molecule has 2 atom stereocenters. The number of carbonyl (C=O) groups is 2. The topological polar surface area (TPSA) is 64.7 Å². The van der Waals surface area contributed by atoms with Crippen molar-refractivity contribution in [3.05, 3.63) is 54.6 Å². The number of hydrazine groups is 1. The van der Waals surface area contributed by atoms with E-state index in [0.717, 1.165) is 17.8 Å². The Hall–Kier alpha value is -3.02. The predicted molar refractivity (Wildman–Crippen MR) is 104 cm³/mol. The smallest absolute Gasteiger partial charge is 0.239 e. The van der Waals surface area contributed by atoms with Crippen molar-refractivity contribution in [1.82, 2.24) is 5.01 Å². The second-order valence-corrected chi connectivity index (χ2v) is 6.52. The van der Waals surface area contributed by atoms with E-state index in [1.54, 1.807) is 11.9 Å². The lowest BCUT2D eigenvalue weighted by molar-refractivity contribution is -0.130. The van der Waals surface area contributed by atoms with Crippen molar-refractivity contribution >= 4 is 28.9 Å². The summed E-state index contributed by atoms with van der Waals surface area (Å²) in [7, 11) is 0. The molecular weight excluding hydrogens is 328 g/mol. The highest BCUT2D eigenvalue weighted by Gasteiger charge is 2.39. The second kappa shape index (κ2) is 7.47. The Balaban J connectivity index is 1.89. The molecule has 1 saturated heterocycles. The zero-order valence-electron chi connectivity index (χ0n) is 15.3. The van der Waals surface area contributed by atoms with Gasteiger partial charge in [-0.05, 0) is 31.2 Å². The molecule has 2 aromatic rings. The zero-order chi connectivity index (χ0) is 18.7. The molecule has 136 valence electrons. The molecule has 6 heteroatoms. The Labute approximate surface area is 153 Å². The second-order valence-electron chi connectivity index (χ2n) is 6.52. The standard InChI is InChI=1S/C20H24N4O2/c1-14-13-20(22-19-12-8-7-11-18(19)21-15(2)25)24(16(3)26)23(14)17-9-5-4-6-10-17/h4-12,14,20,22H,13H2,1-3H3,(H,21,25)/t14-,20+/m0/s1. The fourth-order valence-corrected chi connectivity index (χ4v) is 3.42. The van der Waals surface area contributed by atoms with Gasteiger partial charge in [-0.2, -0.15) is 0 Å². The van der Waals surface area contributed by atoms with E-state index in [2.05, 4.69) is 17.6 Å². The number of nitrogens with one attached hydrogen (secondary N) is 2. The van der Waals surface area contributed by atoms with Crippen molar-refractivity contribution in [2.24, 2.45) is 0 Å². The summed E-state index contributed by atoms with van der Waals surface area (Å²) in [5, 5.41) is 10.0. The van der Waals surface area contributed by atoms with E-state index in [0.29, 0.717) is 5.69 Å². The molecule has 0 aromatic heterocycles. The van der Waals surface area contributed by atoms with Crippen molar-refractivity contribution < 1.29 is 9.59 Å². The van der Waals surface area contributed by atoms with Gasteiger partial charge < -0.3 is 10.6 Å². The largest absolute Gasteiger partial charge is 0.362 e. The lowest BCUT2D eigenvalue weighted by Crippen LogP contribution is -2.48. The van der Waals surface area contributed by atoms with E-state index in [1.807, 2.05) is 59.6 Å². The van der Waals surface area contributed by atoms with Gasteiger partial charge in [0.25, 0.3) is 0 Å². The summed E-state index contributed by atoms with van der Waals surface area (Å²) in [6.07, 6.45) is 0.570. The maximum Gasteiger partial charge on any atom is 0.239 e. The number of hydrogen-bond donors (Lipinski definition) is 2. The van der Waals surface area contributed by atoms with E-state index in [1.165, 1.54) is 6.92 Å². The molecule has 0 radical (unpaired) electrons. The molecule has 1 aliphatic heterocycles. The molecule has 0 unspecified atom stereocenters. The van der Waals surface area contributed by atoms with Crippen molar-refractivity contribution in [2.75, 3.05) is 15.6 Å². The fraction of sp³-hybridized carbons (Fsp3) is 0.300. The predicted octanol–water partition coefficient (Wildman–Crippen LogP) is 3.45. The van der Waals surface area contributed by atoms with Crippen LogP contribution in [0.4, 0.5) is 17.1 Å². The third kappa shape index (κ3) is 3.64. The maximum absolute atomic E-state index is 12.4. The van der Waals surface area contributed by atoms with Gasteiger partial charge in [0, 0.05) is 20.3 Å². The van der Waals surface area contributed by atoms with E-state index in [9.17, 15) is 9.59 Å². The molecule has 26 heavy (non-hydrogen) atoms. The molecule has 1 fully saturated rings. The monoisotopic (exact) mass is 352 g/mol. The Morgan fingerprint density at radius 2 is 1.58 bits per heavy atom. The van der Waals surface area contributed by atoms with Gasteiger partial charge >= 0.3 is 0 Å². The third-order valence-corrected chi connectivity index (χ3v) is 4.41. The number of para-hydroxylation sites is 3. The van der Waals surface area contributed by atoms with Crippen LogP contribution in [0.3, 0.4) is 0 Å². The zero-order valence-corrected chi connectivity index (χ0v) is 15.3. The molecular formula is C20H24N4O2. The third-order valence-electron chi connectivity index (χ3n) is 4.41. The van der Waals surface area contributed by atoms with E-state index in [4.69, 9.17) is 0 Å². The number of anilines is 3. The highest BCUT2D eigenvalue weighted by Crippen LogP contribution is 2.33. The molecule has 0 saturated carbocycles. The van der Waals surface area contributed by atoms with Crippen molar-refractivity contribution in [2.45, 2.75) is 39.4 Å². The SMILES string of the molecule is CC(=O)Nc1ccccc1N[C@H]1C[C@H](C)N(c2ccccc2)N1C(C)=O. The first-order chi connectivity index (χ1) is 12.5. The van der Waals surface area contributed by atoms with Gasteiger partial charge in [-0.3, -0.25) is 14.6 Å². The summed E-state index contributed by atoms with van der Waals surface area (Å²) < 4.78 is 0. The molecule has 6 nitrogen and oxygen atoms in total. The highest BCUT2D eigenvalue weighted by molar-refractivity contribution is 5.92. The molecule has 3 rings (SSSR count). The van der Waals surface area contributed by atoms with Gasteiger partial charge in [0.15, 0.2) is 0 Å². The average molecular weight is 352 g/mol. The summed E-state index contributed by atoms with van der Waals surface area (Å²) in [4.78, 5) is 23.9. The molecule has 0 spiro atoms. The van der Waals surface area contributed by atoms with Crippen LogP contribution in [-0.4, -0.2) is 29.0 Å². The van der Waals surface area contributed by atoms with Crippen molar-refractivity contribution in [3.8, 4) is 0 Å². The molecule has 2 N–H and O–H groups in total. The highest BCUT2D eigenvalue weighted by atomic mass is 16.2. The lowest BCUT2D eigenvalue weighted by atomic mass is 10.2. The normalized spacial score (nSPS) is 19.3. The van der Waals surface area contributed by atoms with Crippen LogP contribution in [0.2, 0.25) is 0 Å². The average Bonchev–Trinajstić information content (AvgIpc) is 2.93. The van der Waals surface area contributed by atoms with Crippen LogP contribution < -0.4 is 15.6 Å². The molecule has 1 heterocycles. The van der Waals surface area contributed by atoms with Crippen molar-refractivity contribution in [3.63, 3.8) is 0 Å². The minimum atomic E-state index is -0.197. The minimum absolute atomic E-state index is 0.0345. The first kappa shape index (κ1) is 17.8. The summed E-state index contributed by atoms with van der Waals surface area (Å²) in [6, 6.07) is 17.6. The van der Waals surface area contributed by atoms with Gasteiger partial charge in [0.2, 0.25) is 11.8 Å². The number of hydrogen-bond acceptors (Lipinski definition) is 4. The van der Waals surface area contributed by atoms with Crippen LogP contribution >= 0.6 is 0 Å². The van der Waals surface area contributed by atoms with Gasteiger partial charge in [-0.25, -0.2) is 5.01 Å². The Morgan fingerprint density at radius 3 is 2.19 bits per heavy atom. The van der Waals surface area contributed by atoms with Crippen LogP contribution in [0.25, 0.3) is 0 Å². The van der Waals surface area contributed by atoms with E-state index in [-0.39, 0.29) is 24.0 Å². The molecule has 0 bridgehead atoms. The van der Waals surface area contributed by atoms with Crippen LogP contribution in [0, 0.1) is 0 Å². The Morgan fingerprint density at radius 1 is 0.962 bits per heavy atom. The first-order valence-electron chi connectivity index (χ1n) is 8.74. The molecule has 2 amide bonds. The maximum atomic E-state index is 12.4. The van der Waals surface area contributed by atoms with Crippen LogP contribution in [0.1, 0.15) is 27.2 Å². The number of carbonyl (C=O) groups excluding carboxylic acids is 2. The van der Waals surface area contributed by atoms with Crippen LogP contribution in [-0.2, 0) is 9.59 Å². The summed E-state index contributed by atoms with van der Waals surface area (Å²) in [5.41, 5.74) is 2.48. The fourth-order valence-electron chi connectivity index (χ4n) is 3.42. The van der Waals surface area contributed by atoms with E-state index < -0.39 is 0 Å². The lowest BCUT2D eigenvalue weighted by Gasteiger charge is -2.35. The van der Waals surface area contributed by atoms with Gasteiger partial charge in [-0.15, -0.1) is 0 Å². The van der Waals surface area contributed by atoms with E-state index >= 15 is 0 Å². The molecule has 0 aliphatic carbocycles. The summed E-state index contributed by atoms with van der Waals surface area (Å²) in [6.45, 7) is 5.15. The quantitative estimate of drug-likeness (QED) is 0.885. The molecule has 2 aromatic carbocycles.